The molecule has 3 aromatic rings. The third kappa shape index (κ3) is 2.54. The summed E-state index contributed by atoms with van der Waals surface area (Å²) < 4.78 is 6.11. The number of nitrogens with zero attached hydrogens (tertiary/aromatic N) is 5. The van der Waals surface area contributed by atoms with Crippen molar-refractivity contribution >= 4 is 22.3 Å². The first-order chi connectivity index (χ1) is 10.7. The summed E-state index contributed by atoms with van der Waals surface area (Å²) in [6.45, 7) is 0. The van der Waals surface area contributed by atoms with E-state index in [1.165, 1.54) is 23.0 Å². The summed E-state index contributed by atoms with van der Waals surface area (Å²) in [5.41, 5.74) is 1.49. The van der Waals surface area contributed by atoms with Crippen LogP contribution in [0.4, 0.5) is 0 Å². The predicted molar refractivity (Wildman–Crippen MR) is 79.1 cm³/mol. The van der Waals surface area contributed by atoms with E-state index < -0.39 is 0 Å². The summed E-state index contributed by atoms with van der Waals surface area (Å²) in [6.07, 6.45) is 2.37. The van der Waals surface area contributed by atoms with Gasteiger partial charge in [0, 0.05) is 12.6 Å². The van der Waals surface area contributed by atoms with Crippen molar-refractivity contribution in [2.75, 3.05) is 7.11 Å². The molecule has 0 aliphatic carbocycles. The van der Waals surface area contributed by atoms with Crippen LogP contribution in [-0.2, 0) is 16.0 Å². The number of imidazole rings is 1. The average Bonchev–Trinajstić information content (AvgIpc) is 3.10. The SMILES string of the molecule is COC(=O)CCc1nn2c(C#N)c(-c3ccccn3)nc2s1. The van der Waals surface area contributed by atoms with Crippen LogP contribution in [0.1, 0.15) is 17.1 Å². The minimum Gasteiger partial charge on any atom is -0.469 e. The average molecular weight is 313 g/mol. The van der Waals surface area contributed by atoms with Crippen LogP contribution >= 0.6 is 11.3 Å². The number of carbonyl (C=O) groups is 1. The van der Waals surface area contributed by atoms with E-state index in [4.69, 9.17) is 0 Å². The molecule has 0 atom stereocenters. The Balaban J connectivity index is 1.96. The highest BCUT2D eigenvalue weighted by Crippen LogP contribution is 2.25. The molecule has 0 spiro atoms. The van der Waals surface area contributed by atoms with E-state index in [0.29, 0.717) is 28.5 Å². The topological polar surface area (TPSA) is 93.2 Å². The molecule has 3 aromatic heterocycles. The van der Waals surface area contributed by atoms with Gasteiger partial charge in [-0.25, -0.2) is 4.98 Å². The lowest BCUT2D eigenvalue weighted by Gasteiger charge is -1.96. The molecular weight excluding hydrogens is 302 g/mol. The molecule has 0 unspecified atom stereocenters. The van der Waals surface area contributed by atoms with Gasteiger partial charge in [-0.1, -0.05) is 17.4 Å². The summed E-state index contributed by atoms with van der Waals surface area (Å²) in [5, 5.41) is 14.5. The Bertz CT molecular complexity index is 863. The van der Waals surface area contributed by atoms with E-state index in [9.17, 15) is 10.1 Å². The molecule has 0 N–H and O–H groups in total. The molecule has 3 heterocycles. The quantitative estimate of drug-likeness (QED) is 0.682. The van der Waals surface area contributed by atoms with Gasteiger partial charge in [0.2, 0.25) is 4.96 Å². The molecule has 0 amide bonds. The lowest BCUT2D eigenvalue weighted by Crippen LogP contribution is -2.02. The van der Waals surface area contributed by atoms with Crippen LogP contribution < -0.4 is 0 Å². The molecule has 0 aliphatic rings. The molecular formula is C14H11N5O2S. The summed E-state index contributed by atoms with van der Waals surface area (Å²) in [5.74, 6) is -0.289. The van der Waals surface area contributed by atoms with Gasteiger partial charge in [-0.2, -0.15) is 14.9 Å². The first-order valence-corrected chi connectivity index (χ1v) is 7.31. The molecule has 0 radical (unpaired) electrons. The minimum atomic E-state index is -0.289. The van der Waals surface area contributed by atoms with E-state index in [1.54, 1.807) is 18.3 Å². The molecule has 0 saturated carbocycles. The highest BCUT2D eigenvalue weighted by molar-refractivity contribution is 7.16. The van der Waals surface area contributed by atoms with Gasteiger partial charge in [-0.15, -0.1) is 0 Å². The fourth-order valence-corrected chi connectivity index (χ4v) is 2.87. The second-order valence-corrected chi connectivity index (χ2v) is 5.44. The van der Waals surface area contributed by atoms with Crippen molar-refractivity contribution < 1.29 is 9.53 Å². The number of nitriles is 1. The molecule has 0 aliphatic heterocycles. The van der Waals surface area contributed by atoms with Gasteiger partial charge < -0.3 is 4.74 Å². The maximum absolute atomic E-state index is 11.2. The number of carbonyl (C=O) groups excluding carboxylic acids is 1. The van der Waals surface area contributed by atoms with Gasteiger partial charge in [-0.3, -0.25) is 9.78 Å². The smallest absolute Gasteiger partial charge is 0.305 e. The number of hydrogen-bond donors (Lipinski definition) is 0. The summed E-state index contributed by atoms with van der Waals surface area (Å²) in [4.78, 5) is 20.4. The third-order valence-electron chi connectivity index (χ3n) is 3.03. The Morgan fingerprint density at radius 3 is 3.05 bits per heavy atom. The Hall–Kier alpha value is -2.79. The van der Waals surface area contributed by atoms with E-state index in [2.05, 4.69) is 25.9 Å². The molecule has 7 nitrogen and oxygen atoms in total. The predicted octanol–water partition coefficient (Wildman–Crippen LogP) is 1.83. The van der Waals surface area contributed by atoms with Gasteiger partial charge in [0.25, 0.3) is 0 Å². The molecule has 3 rings (SSSR count). The zero-order valence-electron chi connectivity index (χ0n) is 11.7. The second kappa shape index (κ2) is 5.91. The summed E-state index contributed by atoms with van der Waals surface area (Å²) >= 11 is 1.35. The number of ether oxygens (including phenoxy) is 1. The standard InChI is InChI=1S/C14H11N5O2S/c1-21-12(20)6-5-11-18-19-10(8-15)13(17-14(19)22-11)9-4-2-3-7-16-9/h2-4,7H,5-6H2,1H3. The van der Waals surface area contributed by atoms with Crippen molar-refractivity contribution in [1.29, 1.82) is 5.26 Å². The van der Waals surface area contributed by atoms with Crippen molar-refractivity contribution in [2.45, 2.75) is 12.8 Å². The lowest BCUT2D eigenvalue weighted by atomic mass is 10.2. The molecule has 0 aromatic carbocycles. The molecule has 0 fully saturated rings. The van der Waals surface area contributed by atoms with Crippen LogP contribution in [0.15, 0.2) is 24.4 Å². The van der Waals surface area contributed by atoms with E-state index >= 15 is 0 Å². The highest BCUT2D eigenvalue weighted by Gasteiger charge is 2.18. The van der Waals surface area contributed by atoms with Crippen molar-refractivity contribution in [1.82, 2.24) is 19.6 Å². The number of rotatable bonds is 4. The number of methoxy groups -OCH3 is 1. The highest BCUT2D eigenvalue weighted by atomic mass is 32.1. The fraction of sp³-hybridized carbons (Fsp3) is 0.214. The van der Waals surface area contributed by atoms with E-state index in [1.807, 2.05) is 6.07 Å². The Morgan fingerprint density at radius 2 is 2.36 bits per heavy atom. The molecule has 0 saturated heterocycles. The van der Waals surface area contributed by atoms with Crippen LogP contribution in [0, 0.1) is 11.3 Å². The van der Waals surface area contributed by atoms with Crippen LogP contribution in [0.2, 0.25) is 0 Å². The maximum atomic E-state index is 11.2. The molecule has 110 valence electrons. The van der Waals surface area contributed by atoms with Crippen molar-refractivity contribution in [3.05, 3.63) is 35.1 Å². The van der Waals surface area contributed by atoms with Gasteiger partial charge in [0.15, 0.2) is 5.69 Å². The van der Waals surface area contributed by atoms with Gasteiger partial charge in [0.1, 0.15) is 16.8 Å². The van der Waals surface area contributed by atoms with Crippen molar-refractivity contribution in [2.24, 2.45) is 0 Å². The first-order valence-electron chi connectivity index (χ1n) is 6.49. The number of pyridine rings is 1. The number of fused-ring (bicyclic) bond motifs is 1. The van der Waals surface area contributed by atoms with Gasteiger partial charge >= 0.3 is 5.97 Å². The largest absolute Gasteiger partial charge is 0.469 e. The number of aryl methyl sites for hydroxylation is 1. The van der Waals surface area contributed by atoms with Gasteiger partial charge in [-0.05, 0) is 12.1 Å². The van der Waals surface area contributed by atoms with Gasteiger partial charge in [0.05, 0.1) is 19.2 Å². The Kier molecular flexibility index (Phi) is 3.80. The zero-order valence-corrected chi connectivity index (χ0v) is 12.5. The number of esters is 1. The molecule has 8 heteroatoms. The zero-order chi connectivity index (χ0) is 15.5. The third-order valence-corrected chi connectivity index (χ3v) is 4.00. The lowest BCUT2D eigenvalue weighted by molar-refractivity contribution is -0.140. The van der Waals surface area contributed by atoms with Crippen LogP contribution in [0.5, 0.6) is 0 Å². The Morgan fingerprint density at radius 1 is 1.50 bits per heavy atom. The second-order valence-electron chi connectivity index (χ2n) is 4.40. The number of aromatic nitrogens is 4. The Labute approximate surface area is 129 Å². The van der Waals surface area contributed by atoms with Crippen LogP contribution in [0.25, 0.3) is 16.3 Å². The first kappa shape index (κ1) is 14.2. The normalized spacial score (nSPS) is 10.5. The summed E-state index contributed by atoms with van der Waals surface area (Å²) in [7, 11) is 1.35. The minimum absolute atomic E-state index is 0.252. The van der Waals surface area contributed by atoms with Crippen LogP contribution in [-0.4, -0.2) is 32.7 Å². The van der Waals surface area contributed by atoms with Crippen LogP contribution in [0.3, 0.4) is 0 Å². The van der Waals surface area contributed by atoms with Crippen molar-refractivity contribution in [3.63, 3.8) is 0 Å². The molecule has 22 heavy (non-hydrogen) atoms. The number of hydrogen-bond acceptors (Lipinski definition) is 7. The molecule has 0 bridgehead atoms. The van der Waals surface area contributed by atoms with E-state index in [0.717, 1.165) is 5.01 Å². The van der Waals surface area contributed by atoms with E-state index in [-0.39, 0.29) is 12.4 Å². The summed E-state index contributed by atoms with van der Waals surface area (Å²) in [6, 6.07) is 7.56. The van der Waals surface area contributed by atoms with Crippen molar-refractivity contribution in [3.8, 4) is 17.5 Å². The monoisotopic (exact) mass is 313 g/mol. The fourth-order valence-electron chi connectivity index (χ4n) is 1.98. The maximum Gasteiger partial charge on any atom is 0.305 e.